The fourth-order valence-corrected chi connectivity index (χ4v) is 1.47. The van der Waals surface area contributed by atoms with E-state index in [0.29, 0.717) is 18.0 Å². The number of amides is 1. The standard InChI is InChI=1S/C13H18BrNO2/c1-4-17-11-8-6-5-7-10(11)15-13(16)12(14)9(2)3/h5-9,12H,4H2,1-3H3,(H,15,16)/t12-/m0/s1. The summed E-state index contributed by atoms with van der Waals surface area (Å²) in [6, 6.07) is 7.44. The summed E-state index contributed by atoms with van der Waals surface area (Å²) in [5, 5.41) is 2.87. The Morgan fingerprint density at radius 2 is 2.06 bits per heavy atom. The molecular weight excluding hydrogens is 282 g/mol. The Bertz CT molecular complexity index is 379. The van der Waals surface area contributed by atoms with Crippen molar-refractivity contribution in [3.05, 3.63) is 24.3 Å². The van der Waals surface area contributed by atoms with E-state index >= 15 is 0 Å². The second kappa shape index (κ2) is 6.64. The van der Waals surface area contributed by atoms with Gasteiger partial charge in [0, 0.05) is 0 Å². The van der Waals surface area contributed by atoms with Gasteiger partial charge in [-0.1, -0.05) is 41.9 Å². The van der Waals surface area contributed by atoms with E-state index < -0.39 is 0 Å². The lowest BCUT2D eigenvalue weighted by molar-refractivity contribution is -0.116. The predicted molar refractivity (Wildman–Crippen MR) is 73.8 cm³/mol. The number of carbonyl (C=O) groups excluding carboxylic acids is 1. The molecule has 0 spiro atoms. The number of anilines is 1. The summed E-state index contributed by atoms with van der Waals surface area (Å²) in [6.07, 6.45) is 0. The fraction of sp³-hybridized carbons (Fsp3) is 0.462. The van der Waals surface area contributed by atoms with Gasteiger partial charge in [-0.05, 0) is 25.0 Å². The van der Waals surface area contributed by atoms with Crippen LogP contribution in [0.15, 0.2) is 24.3 Å². The van der Waals surface area contributed by atoms with E-state index in [1.807, 2.05) is 45.0 Å². The minimum absolute atomic E-state index is 0.0489. The topological polar surface area (TPSA) is 38.3 Å². The molecule has 0 aliphatic rings. The van der Waals surface area contributed by atoms with Gasteiger partial charge in [-0.25, -0.2) is 0 Å². The van der Waals surface area contributed by atoms with Crippen LogP contribution in [0.2, 0.25) is 0 Å². The van der Waals surface area contributed by atoms with Gasteiger partial charge in [0.1, 0.15) is 5.75 Å². The number of hydrogen-bond acceptors (Lipinski definition) is 2. The monoisotopic (exact) mass is 299 g/mol. The second-order valence-electron chi connectivity index (χ2n) is 4.06. The van der Waals surface area contributed by atoms with Gasteiger partial charge in [0.2, 0.25) is 5.91 Å². The summed E-state index contributed by atoms with van der Waals surface area (Å²) in [5.41, 5.74) is 0.712. The van der Waals surface area contributed by atoms with Crippen LogP contribution >= 0.6 is 15.9 Å². The zero-order valence-corrected chi connectivity index (χ0v) is 12.0. The molecule has 94 valence electrons. The number of alkyl halides is 1. The molecular formula is C13H18BrNO2. The number of nitrogens with one attached hydrogen (secondary N) is 1. The van der Waals surface area contributed by atoms with Crippen molar-refractivity contribution in [1.29, 1.82) is 0 Å². The van der Waals surface area contributed by atoms with Gasteiger partial charge in [0.05, 0.1) is 17.1 Å². The number of halogens is 1. The summed E-state index contributed by atoms with van der Waals surface area (Å²) in [7, 11) is 0. The summed E-state index contributed by atoms with van der Waals surface area (Å²) in [5.74, 6) is 0.896. The number of hydrogen-bond donors (Lipinski definition) is 1. The van der Waals surface area contributed by atoms with Crippen LogP contribution in [0.1, 0.15) is 20.8 Å². The lowest BCUT2D eigenvalue weighted by Crippen LogP contribution is -2.27. The smallest absolute Gasteiger partial charge is 0.238 e. The average Bonchev–Trinajstić information content (AvgIpc) is 2.30. The number of rotatable bonds is 5. The Hall–Kier alpha value is -1.03. The van der Waals surface area contributed by atoms with Gasteiger partial charge >= 0.3 is 0 Å². The average molecular weight is 300 g/mol. The largest absolute Gasteiger partial charge is 0.492 e. The Balaban J connectivity index is 2.77. The predicted octanol–water partition coefficient (Wildman–Crippen LogP) is 3.44. The van der Waals surface area contributed by atoms with Crippen molar-refractivity contribution in [3.63, 3.8) is 0 Å². The fourth-order valence-electron chi connectivity index (χ4n) is 1.36. The molecule has 1 N–H and O–H groups in total. The first-order chi connectivity index (χ1) is 8.06. The molecule has 17 heavy (non-hydrogen) atoms. The molecule has 4 heteroatoms. The maximum atomic E-state index is 11.9. The van der Waals surface area contributed by atoms with Gasteiger partial charge < -0.3 is 10.1 Å². The maximum absolute atomic E-state index is 11.9. The Labute approximate surface area is 111 Å². The van der Waals surface area contributed by atoms with Crippen molar-refractivity contribution >= 4 is 27.5 Å². The molecule has 0 aliphatic carbocycles. The number of ether oxygens (including phenoxy) is 1. The molecule has 0 saturated heterocycles. The Kier molecular flexibility index (Phi) is 5.48. The highest BCUT2D eigenvalue weighted by Crippen LogP contribution is 2.25. The van der Waals surface area contributed by atoms with Crippen LogP contribution in [0.3, 0.4) is 0 Å². The van der Waals surface area contributed by atoms with Crippen molar-refractivity contribution in [1.82, 2.24) is 0 Å². The molecule has 1 rings (SSSR count). The highest BCUT2D eigenvalue weighted by atomic mass is 79.9. The highest BCUT2D eigenvalue weighted by Gasteiger charge is 2.19. The van der Waals surface area contributed by atoms with Crippen molar-refractivity contribution in [2.75, 3.05) is 11.9 Å². The molecule has 0 heterocycles. The van der Waals surface area contributed by atoms with Gasteiger partial charge in [-0.3, -0.25) is 4.79 Å². The summed E-state index contributed by atoms with van der Waals surface area (Å²) in [4.78, 5) is 11.7. The van der Waals surface area contributed by atoms with E-state index in [0.717, 1.165) is 0 Å². The minimum atomic E-state index is -0.197. The second-order valence-corrected chi connectivity index (χ2v) is 5.05. The molecule has 0 saturated carbocycles. The SMILES string of the molecule is CCOc1ccccc1NC(=O)[C@@H](Br)C(C)C. The lowest BCUT2D eigenvalue weighted by Gasteiger charge is -2.16. The number of carbonyl (C=O) groups is 1. The van der Waals surface area contributed by atoms with Crippen molar-refractivity contribution in [2.24, 2.45) is 5.92 Å². The van der Waals surface area contributed by atoms with Gasteiger partial charge in [0.15, 0.2) is 0 Å². The minimum Gasteiger partial charge on any atom is -0.492 e. The van der Waals surface area contributed by atoms with E-state index in [9.17, 15) is 4.79 Å². The normalized spacial score (nSPS) is 12.3. The van der Waals surface area contributed by atoms with Crippen molar-refractivity contribution < 1.29 is 9.53 Å². The summed E-state index contributed by atoms with van der Waals surface area (Å²) >= 11 is 3.38. The summed E-state index contributed by atoms with van der Waals surface area (Å²) in [6.45, 7) is 6.48. The van der Waals surface area contributed by atoms with Crippen LogP contribution in [0.25, 0.3) is 0 Å². The van der Waals surface area contributed by atoms with Crippen LogP contribution in [0.5, 0.6) is 5.75 Å². The molecule has 0 radical (unpaired) electrons. The van der Waals surface area contributed by atoms with E-state index in [-0.39, 0.29) is 16.7 Å². The van der Waals surface area contributed by atoms with E-state index in [1.165, 1.54) is 0 Å². The molecule has 1 aromatic carbocycles. The van der Waals surface area contributed by atoms with Crippen LogP contribution < -0.4 is 10.1 Å². The van der Waals surface area contributed by atoms with Gasteiger partial charge in [-0.15, -0.1) is 0 Å². The zero-order chi connectivity index (χ0) is 12.8. The van der Waals surface area contributed by atoms with Crippen molar-refractivity contribution in [2.45, 2.75) is 25.6 Å². The number of benzene rings is 1. The molecule has 1 atom stereocenters. The van der Waals surface area contributed by atoms with E-state index in [1.54, 1.807) is 0 Å². The van der Waals surface area contributed by atoms with Gasteiger partial charge in [0.25, 0.3) is 0 Å². The van der Waals surface area contributed by atoms with E-state index in [4.69, 9.17) is 4.74 Å². The first-order valence-corrected chi connectivity index (χ1v) is 6.64. The van der Waals surface area contributed by atoms with Crippen LogP contribution in [0, 0.1) is 5.92 Å². The van der Waals surface area contributed by atoms with Gasteiger partial charge in [-0.2, -0.15) is 0 Å². The van der Waals surface area contributed by atoms with Crippen LogP contribution in [-0.4, -0.2) is 17.3 Å². The quantitative estimate of drug-likeness (QED) is 0.846. The zero-order valence-electron chi connectivity index (χ0n) is 10.4. The highest BCUT2D eigenvalue weighted by molar-refractivity contribution is 9.10. The molecule has 3 nitrogen and oxygen atoms in total. The first-order valence-electron chi connectivity index (χ1n) is 5.73. The maximum Gasteiger partial charge on any atom is 0.238 e. The molecule has 0 aromatic heterocycles. The molecule has 1 aromatic rings. The third-order valence-corrected chi connectivity index (χ3v) is 3.75. The third-order valence-electron chi connectivity index (χ3n) is 2.28. The summed E-state index contributed by atoms with van der Waals surface area (Å²) < 4.78 is 5.45. The third kappa shape index (κ3) is 4.04. The molecule has 0 aliphatic heterocycles. The van der Waals surface area contributed by atoms with Crippen LogP contribution in [0.4, 0.5) is 5.69 Å². The molecule has 0 bridgehead atoms. The van der Waals surface area contributed by atoms with E-state index in [2.05, 4.69) is 21.2 Å². The van der Waals surface area contributed by atoms with Crippen LogP contribution in [-0.2, 0) is 4.79 Å². The molecule has 0 fully saturated rings. The number of para-hydroxylation sites is 2. The molecule has 1 amide bonds. The lowest BCUT2D eigenvalue weighted by atomic mass is 10.1. The first kappa shape index (κ1) is 14.0. The molecule has 0 unspecified atom stereocenters. The van der Waals surface area contributed by atoms with Crippen molar-refractivity contribution in [3.8, 4) is 5.75 Å². The Morgan fingerprint density at radius 3 is 2.65 bits per heavy atom. The Morgan fingerprint density at radius 1 is 1.41 bits per heavy atom.